The van der Waals surface area contributed by atoms with Crippen molar-refractivity contribution in [3.05, 3.63) is 93.2 Å². The lowest BCUT2D eigenvalue weighted by Crippen LogP contribution is -2.31. The van der Waals surface area contributed by atoms with Crippen LogP contribution in [0.2, 0.25) is 10.0 Å². The van der Waals surface area contributed by atoms with Gasteiger partial charge in [0.25, 0.3) is 0 Å². The second-order valence-corrected chi connectivity index (χ2v) is 12.3. The van der Waals surface area contributed by atoms with Gasteiger partial charge in [-0.05, 0) is 63.1 Å². The maximum absolute atomic E-state index is 14.4. The summed E-state index contributed by atoms with van der Waals surface area (Å²) in [6.45, 7) is 6.71. The van der Waals surface area contributed by atoms with E-state index in [1.165, 1.54) is 36.0 Å². The van der Waals surface area contributed by atoms with E-state index in [0.717, 1.165) is 0 Å². The van der Waals surface area contributed by atoms with Crippen LogP contribution in [0.4, 0.5) is 0 Å². The molecule has 4 rings (SSSR count). The van der Waals surface area contributed by atoms with Crippen molar-refractivity contribution < 1.29 is 18.0 Å². The van der Waals surface area contributed by atoms with Crippen LogP contribution in [0.3, 0.4) is 0 Å². The first kappa shape index (κ1) is 28.7. The third-order valence-corrected chi connectivity index (χ3v) is 8.82. The Balaban J connectivity index is 1.85. The zero-order valence-corrected chi connectivity index (χ0v) is 24.3. The van der Waals surface area contributed by atoms with E-state index >= 15 is 0 Å². The minimum atomic E-state index is -4.22. The van der Waals surface area contributed by atoms with Gasteiger partial charge in [0, 0.05) is 33.6 Å². The van der Waals surface area contributed by atoms with Gasteiger partial charge in [0.2, 0.25) is 9.84 Å². The fraction of sp³-hybridized carbons (Fsp3) is 0.286. The summed E-state index contributed by atoms with van der Waals surface area (Å²) in [6, 6.07) is 13.9. The predicted octanol–water partition coefficient (Wildman–Crippen LogP) is 5.52. The molecule has 8 nitrogen and oxygen atoms in total. The average Bonchev–Trinajstić information content (AvgIpc) is 3.51. The molecule has 0 spiro atoms. The van der Waals surface area contributed by atoms with Gasteiger partial charge >= 0.3 is 0 Å². The van der Waals surface area contributed by atoms with Crippen molar-refractivity contribution in [3.8, 4) is 0 Å². The molecule has 2 heterocycles. The third-order valence-electron chi connectivity index (χ3n) is 6.48. The molecule has 2 atom stereocenters. The molecule has 0 aromatic heterocycles. The standard InChI is InChI=1S/C28H28Cl2N4O4S/c1-17(13-19(3)35)33-15-25(21-5-9-23(29)10-6-21)27(31-33)39(37,38)28-26(22-7-11-24(30)12-8-22)16-34(32-28)18(2)14-20(4)36/h5-14,25-26H,15-16H2,1-4H3/b17-13-,18-14-. The molecule has 0 amide bonds. The second-order valence-electron chi connectivity index (χ2n) is 9.55. The van der Waals surface area contributed by atoms with Gasteiger partial charge in [-0.1, -0.05) is 47.5 Å². The lowest BCUT2D eigenvalue weighted by Gasteiger charge is -2.18. The molecule has 204 valence electrons. The van der Waals surface area contributed by atoms with E-state index in [1.54, 1.807) is 62.4 Å². The number of hydrazone groups is 2. The van der Waals surface area contributed by atoms with E-state index in [1.807, 2.05) is 0 Å². The van der Waals surface area contributed by atoms with Crippen LogP contribution in [-0.4, -0.2) is 53.2 Å². The monoisotopic (exact) mass is 586 g/mol. The van der Waals surface area contributed by atoms with Gasteiger partial charge in [0.1, 0.15) is 0 Å². The minimum Gasteiger partial charge on any atom is -0.295 e. The fourth-order valence-corrected chi connectivity index (χ4v) is 6.67. The number of sulfone groups is 1. The zero-order valence-electron chi connectivity index (χ0n) is 21.9. The summed E-state index contributed by atoms with van der Waals surface area (Å²) in [6.07, 6.45) is 2.83. The van der Waals surface area contributed by atoms with Crippen molar-refractivity contribution in [2.45, 2.75) is 39.5 Å². The number of rotatable bonds is 6. The van der Waals surface area contributed by atoms with Crippen molar-refractivity contribution in [2.75, 3.05) is 13.1 Å². The lowest BCUT2D eigenvalue weighted by molar-refractivity contribution is -0.113. The molecule has 2 aliphatic heterocycles. The Kier molecular flexibility index (Phi) is 8.44. The van der Waals surface area contributed by atoms with E-state index in [2.05, 4.69) is 10.2 Å². The van der Waals surface area contributed by atoms with E-state index in [9.17, 15) is 18.0 Å². The predicted molar refractivity (Wildman–Crippen MR) is 154 cm³/mol. The summed E-state index contributed by atoms with van der Waals surface area (Å²) < 4.78 is 28.8. The van der Waals surface area contributed by atoms with Crippen LogP contribution in [0.15, 0.2) is 82.3 Å². The Morgan fingerprint density at radius 2 is 1.05 bits per heavy atom. The van der Waals surface area contributed by atoms with Crippen LogP contribution < -0.4 is 0 Å². The summed E-state index contributed by atoms with van der Waals surface area (Å²) >= 11 is 12.2. The molecule has 11 heteroatoms. The molecule has 0 bridgehead atoms. The van der Waals surface area contributed by atoms with Gasteiger partial charge in [-0.3, -0.25) is 19.6 Å². The Morgan fingerprint density at radius 3 is 1.36 bits per heavy atom. The van der Waals surface area contributed by atoms with Crippen LogP contribution >= 0.6 is 23.2 Å². The number of ketones is 2. The SMILES string of the molecule is CC(=O)/C=C(/C)N1CC(c2ccc(Cl)cc2)C(S(=O)(=O)C2=NN(/C(C)=C\C(C)=O)CC2c2ccc(Cl)cc2)=N1. The number of allylic oxidation sites excluding steroid dienone is 4. The number of carbonyl (C=O) groups excluding carboxylic acids is 2. The summed E-state index contributed by atoms with van der Waals surface area (Å²) in [4.78, 5) is 23.5. The van der Waals surface area contributed by atoms with Gasteiger partial charge < -0.3 is 0 Å². The first-order valence-electron chi connectivity index (χ1n) is 12.2. The minimum absolute atomic E-state index is 0.0751. The Morgan fingerprint density at radius 1 is 0.718 bits per heavy atom. The summed E-state index contributed by atoms with van der Waals surface area (Å²) in [5.74, 6) is -1.60. The molecule has 2 unspecified atom stereocenters. The van der Waals surface area contributed by atoms with Gasteiger partial charge in [0.05, 0.1) is 24.9 Å². The van der Waals surface area contributed by atoms with Crippen molar-refractivity contribution in [3.63, 3.8) is 0 Å². The zero-order chi connectivity index (χ0) is 28.5. The highest BCUT2D eigenvalue weighted by Gasteiger charge is 2.45. The molecular weight excluding hydrogens is 559 g/mol. The number of hydrogen-bond donors (Lipinski definition) is 0. The van der Waals surface area contributed by atoms with Gasteiger partial charge in [-0.15, -0.1) is 0 Å². The molecule has 0 radical (unpaired) electrons. The van der Waals surface area contributed by atoms with Crippen LogP contribution in [-0.2, 0) is 19.4 Å². The lowest BCUT2D eigenvalue weighted by atomic mass is 10.0. The van der Waals surface area contributed by atoms with Gasteiger partial charge in [-0.2, -0.15) is 10.2 Å². The van der Waals surface area contributed by atoms with Crippen LogP contribution in [0, 0.1) is 0 Å². The van der Waals surface area contributed by atoms with Crippen LogP contribution in [0.25, 0.3) is 0 Å². The number of benzene rings is 2. The number of carbonyl (C=O) groups is 2. The van der Waals surface area contributed by atoms with Crippen LogP contribution in [0.1, 0.15) is 50.7 Å². The van der Waals surface area contributed by atoms with Crippen molar-refractivity contribution in [2.24, 2.45) is 10.2 Å². The molecular formula is C28H28Cl2N4O4S. The van der Waals surface area contributed by atoms with E-state index in [-0.39, 0.29) is 34.7 Å². The van der Waals surface area contributed by atoms with Crippen molar-refractivity contribution in [1.82, 2.24) is 10.0 Å². The highest BCUT2D eigenvalue weighted by Crippen LogP contribution is 2.36. The molecule has 0 N–H and O–H groups in total. The van der Waals surface area contributed by atoms with E-state index in [4.69, 9.17) is 23.2 Å². The van der Waals surface area contributed by atoms with Gasteiger partial charge in [-0.25, -0.2) is 8.42 Å². The fourth-order valence-electron chi connectivity index (χ4n) is 4.62. The topological polar surface area (TPSA) is 99.5 Å². The Bertz CT molecular complexity index is 1420. The first-order chi connectivity index (χ1) is 18.4. The summed E-state index contributed by atoms with van der Waals surface area (Å²) in [7, 11) is -4.22. The second kappa shape index (κ2) is 11.5. The molecule has 0 aliphatic carbocycles. The quantitative estimate of drug-likeness (QED) is 0.413. The van der Waals surface area contributed by atoms with Crippen molar-refractivity contribution in [1.29, 1.82) is 0 Å². The molecule has 2 aliphatic rings. The Hall–Kier alpha value is -3.27. The Labute approximate surface area is 238 Å². The number of nitrogens with zero attached hydrogens (tertiary/aromatic N) is 4. The summed E-state index contributed by atoms with van der Waals surface area (Å²) in [5.41, 5.74) is 2.48. The molecule has 39 heavy (non-hydrogen) atoms. The normalized spacial score (nSPS) is 20.3. The highest BCUT2D eigenvalue weighted by molar-refractivity contribution is 8.19. The average molecular weight is 588 g/mol. The van der Waals surface area contributed by atoms with E-state index in [0.29, 0.717) is 32.6 Å². The molecule has 2 aromatic carbocycles. The maximum Gasteiger partial charge on any atom is 0.238 e. The smallest absolute Gasteiger partial charge is 0.238 e. The molecule has 0 saturated carbocycles. The molecule has 0 fully saturated rings. The maximum atomic E-state index is 14.4. The molecule has 0 saturated heterocycles. The number of halogens is 2. The largest absolute Gasteiger partial charge is 0.295 e. The third kappa shape index (κ3) is 6.32. The molecule has 2 aromatic rings. The number of hydrogen-bond acceptors (Lipinski definition) is 8. The van der Waals surface area contributed by atoms with Crippen molar-refractivity contribution >= 4 is 54.7 Å². The summed E-state index contributed by atoms with van der Waals surface area (Å²) in [5, 5.41) is 13.0. The van der Waals surface area contributed by atoms with Gasteiger partial charge in [0.15, 0.2) is 21.7 Å². The van der Waals surface area contributed by atoms with Crippen LogP contribution in [0.5, 0.6) is 0 Å². The first-order valence-corrected chi connectivity index (χ1v) is 14.5. The van der Waals surface area contributed by atoms with E-state index < -0.39 is 21.7 Å². The highest BCUT2D eigenvalue weighted by atomic mass is 35.5.